The number of pyridine rings is 1. The molecule has 6 bridgehead atoms. The molecule has 5 N–H and O–H groups in total. The minimum Gasteiger partial charge on any atom is -0.508 e. The van der Waals surface area contributed by atoms with Gasteiger partial charge in [0.05, 0.1) is 53.9 Å². The first-order valence-electron chi connectivity index (χ1n) is 28.8. The predicted molar refractivity (Wildman–Crippen MR) is 314 cm³/mol. The molecule has 0 radical (unpaired) electrons. The fourth-order valence-corrected chi connectivity index (χ4v) is 13.6. The Morgan fingerprint density at radius 3 is 2.45 bits per heavy atom. The lowest BCUT2D eigenvalue weighted by molar-refractivity contribution is -0.155. The lowest BCUT2D eigenvalue weighted by atomic mass is 9.84. The van der Waals surface area contributed by atoms with Crippen molar-refractivity contribution < 1.29 is 51.3 Å². The van der Waals surface area contributed by atoms with E-state index in [9.17, 15) is 32.7 Å². The number of oxazole rings is 1. The van der Waals surface area contributed by atoms with Gasteiger partial charge in [-0.15, -0.1) is 0 Å². The normalized spacial score (nSPS) is 22.0. The van der Waals surface area contributed by atoms with Crippen LogP contribution < -0.4 is 16.5 Å². The van der Waals surface area contributed by atoms with Crippen molar-refractivity contribution in [2.24, 2.45) is 11.3 Å². The largest absolute Gasteiger partial charge is 0.508 e. The Morgan fingerprint density at radius 2 is 1.72 bits per heavy atom. The van der Waals surface area contributed by atoms with Crippen LogP contribution in [-0.2, 0) is 69.2 Å². The number of nitrogen functional groups attached to an aromatic ring is 1. The van der Waals surface area contributed by atoms with E-state index in [2.05, 4.69) is 39.4 Å². The van der Waals surface area contributed by atoms with Crippen molar-refractivity contribution in [2.75, 3.05) is 64.2 Å². The lowest BCUT2D eigenvalue weighted by Crippen LogP contribution is -2.62. The van der Waals surface area contributed by atoms with Crippen LogP contribution in [0.2, 0.25) is 0 Å². The number of hydrogen-bond donors (Lipinski definition) is 4. The molecule has 5 unspecified atom stereocenters. The summed E-state index contributed by atoms with van der Waals surface area (Å²) in [5, 5.41) is 16.9. The van der Waals surface area contributed by atoms with Crippen LogP contribution in [-0.4, -0.2) is 149 Å². The summed E-state index contributed by atoms with van der Waals surface area (Å²) in [4.78, 5) is 71.7. The van der Waals surface area contributed by atoms with Crippen molar-refractivity contribution >= 4 is 50.1 Å². The first kappa shape index (κ1) is 59.0. The van der Waals surface area contributed by atoms with E-state index in [4.69, 9.17) is 29.3 Å². The number of nitrogens with zero attached hydrogens (tertiary/aromatic N) is 6. The molecule has 4 aliphatic heterocycles. The SMILES string of the molecule is CCn1c(-c2cc(-c3ncc(CN4CCS(=O)(=O)CC4)o3)cnc2C(C)OC)c2c3cc(ccc31)-c1cc(O)cc(c1)C[C@H](NC(=O)C(C(C)C)N(C)C(=O)C1OCCC1c1ccc(N)cc1)C(=O)N1CCCC(N1)C(=O)OCC(C)(C)C2. The van der Waals surface area contributed by atoms with E-state index < -0.39 is 63.4 Å². The molecule has 0 spiro atoms. The maximum absolute atomic E-state index is 15.0. The number of carbonyl (C=O) groups is 4. The van der Waals surface area contributed by atoms with Crippen LogP contribution in [0.1, 0.15) is 101 Å². The van der Waals surface area contributed by atoms with E-state index in [1.165, 1.54) is 9.91 Å². The number of esters is 1. The van der Waals surface area contributed by atoms with Crippen LogP contribution in [0.15, 0.2) is 83.5 Å². The van der Waals surface area contributed by atoms with Crippen LogP contribution in [0.5, 0.6) is 5.75 Å². The summed E-state index contributed by atoms with van der Waals surface area (Å²) in [7, 11) is 0.169. The molecule has 7 heterocycles. The molecule has 10 rings (SSSR count). The number of methoxy groups -OCH3 is 1. The number of anilines is 1. The number of hydrogen-bond acceptors (Lipinski definition) is 16. The number of phenols is 1. The number of hydrazine groups is 1. The monoisotopic (exact) mass is 1160 g/mol. The number of ether oxygens (including phenoxy) is 3. The summed E-state index contributed by atoms with van der Waals surface area (Å²) in [5.74, 6) is -1.47. The minimum absolute atomic E-state index is 0.0294. The molecule has 3 aromatic carbocycles. The fraction of sp³-hybridized carbons (Fsp3) is 0.484. The molecule has 83 heavy (non-hydrogen) atoms. The number of phenolic OH excluding ortho intramolecular Hbond substituents is 1. The Hall–Kier alpha value is -7.17. The molecule has 3 saturated heterocycles. The fourth-order valence-electron chi connectivity index (χ4n) is 12.3. The second-order valence-electron chi connectivity index (χ2n) is 23.8. The number of aromatic hydroxyl groups is 1. The number of aryl methyl sites for hydroxylation is 1. The van der Waals surface area contributed by atoms with Crippen LogP contribution >= 0.6 is 0 Å². The number of nitrogens with one attached hydrogen (secondary N) is 2. The Labute approximate surface area is 484 Å². The number of likely N-dealkylation sites (N-methyl/N-ethyl adjacent to an activating group) is 1. The average Bonchev–Trinajstić information content (AvgIpc) is 3.28. The summed E-state index contributed by atoms with van der Waals surface area (Å²) in [6.07, 6.45) is 3.98. The highest BCUT2D eigenvalue weighted by Crippen LogP contribution is 2.44. The molecule has 21 heteroatoms. The number of aromatic nitrogens is 3. The van der Waals surface area contributed by atoms with E-state index >= 15 is 0 Å². The number of rotatable bonds is 13. The predicted octanol–water partition coefficient (Wildman–Crippen LogP) is 6.97. The number of cyclic esters (lactones) is 1. The Morgan fingerprint density at radius 1 is 0.964 bits per heavy atom. The number of benzene rings is 3. The highest BCUT2D eigenvalue weighted by Gasteiger charge is 2.43. The van der Waals surface area contributed by atoms with Crippen molar-refractivity contribution in [1.82, 2.24) is 40.1 Å². The molecule has 0 saturated carbocycles. The third-order valence-electron chi connectivity index (χ3n) is 16.7. The van der Waals surface area contributed by atoms with E-state index in [0.29, 0.717) is 98.2 Å². The molecule has 3 amide bonds. The average molecular weight is 1160 g/mol. The molecule has 20 nitrogen and oxygen atoms in total. The van der Waals surface area contributed by atoms with Gasteiger partial charge >= 0.3 is 5.97 Å². The summed E-state index contributed by atoms with van der Waals surface area (Å²) in [6, 6.07) is 17.6. The third-order valence-corrected chi connectivity index (χ3v) is 18.4. The molecular weight excluding hydrogens is 1080 g/mol. The van der Waals surface area contributed by atoms with Gasteiger partial charge in [-0.25, -0.2) is 18.8 Å². The van der Waals surface area contributed by atoms with Crippen molar-refractivity contribution in [3.63, 3.8) is 0 Å². The molecular formula is C62H77N9O11S. The van der Waals surface area contributed by atoms with E-state index in [1.54, 1.807) is 50.8 Å². The van der Waals surface area contributed by atoms with E-state index in [1.807, 2.05) is 69.9 Å². The maximum Gasteiger partial charge on any atom is 0.324 e. The number of fused-ring (bicyclic) bond motifs is 6. The highest BCUT2D eigenvalue weighted by molar-refractivity contribution is 7.91. The van der Waals surface area contributed by atoms with Crippen molar-refractivity contribution in [3.8, 4) is 39.6 Å². The second-order valence-corrected chi connectivity index (χ2v) is 26.1. The summed E-state index contributed by atoms with van der Waals surface area (Å²) in [6.45, 7) is 14.2. The molecule has 3 fully saturated rings. The van der Waals surface area contributed by atoms with Gasteiger partial charge in [-0.2, -0.15) is 0 Å². The molecule has 6 aromatic rings. The molecule has 3 aromatic heterocycles. The quantitative estimate of drug-likeness (QED) is 0.0672. The van der Waals surface area contributed by atoms with Crippen molar-refractivity contribution in [2.45, 2.75) is 123 Å². The van der Waals surface area contributed by atoms with E-state index in [-0.39, 0.29) is 54.6 Å². The van der Waals surface area contributed by atoms with Gasteiger partial charge in [0.2, 0.25) is 11.8 Å². The van der Waals surface area contributed by atoms with Gasteiger partial charge in [0.1, 0.15) is 35.7 Å². The topological polar surface area (TPSA) is 254 Å². The van der Waals surface area contributed by atoms with Crippen molar-refractivity contribution in [3.05, 3.63) is 107 Å². The summed E-state index contributed by atoms with van der Waals surface area (Å²) in [5.41, 5.74) is 16.8. The first-order chi connectivity index (χ1) is 39.6. The maximum atomic E-state index is 15.0. The van der Waals surface area contributed by atoms with Gasteiger partial charge in [0.15, 0.2) is 9.84 Å². The number of carbonyl (C=O) groups excluding carboxylic acids is 4. The van der Waals surface area contributed by atoms with Crippen LogP contribution in [0.3, 0.4) is 0 Å². The van der Waals surface area contributed by atoms with Crippen molar-refractivity contribution in [1.29, 1.82) is 0 Å². The van der Waals surface area contributed by atoms with Gasteiger partial charge in [-0.05, 0) is 116 Å². The summed E-state index contributed by atoms with van der Waals surface area (Å²) >= 11 is 0. The lowest BCUT2D eigenvalue weighted by Gasteiger charge is -2.37. The number of nitrogens with two attached hydrogens (primary N) is 1. The Kier molecular flexibility index (Phi) is 17.2. The van der Waals surface area contributed by atoms with Gasteiger partial charge in [0.25, 0.3) is 11.8 Å². The highest BCUT2D eigenvalue weighted by atomic mass is 32.2. The van der Waals surface area contributed by atoms with Crippen LogP contribution in [0.4, 0.5) is 5.69 Å². The number of amides is 3. The smallest absolute Gasteiger partial charge is 0.324 e. The van der Waals surface area contributed by atoms with Gasteiger partial charge in [-0.1, -0.05) is 52.0 Å². The zero-order chi connectivity index (χ0) is 59.1. The van der Waals surface area contributed by atoms with Gasteiger partial charge in [0, 0.05) is 93.0 Å². The first-order valence-corrected chi connectivity index (χ1v) is 30.6. The van der Waals surface area contributed by atoms with E-state index in [0.717, 1.165) is 38.9 Å². The Balaban J connectivity index is 1.03. The molecule has 6 atom stereocenters. The zero-order valence-electron chi connectivity index (χ0n) is 48.6. The van der Waals surface area contributed by atoms with Gasteiger partial charge < -0.3 is 44.3 Å². The standard InChI is InChI=1S/C62H77N9O11S/c1-9-70-52-17-14-40-29-47(52)49(55(70)48-30-42(32-64-53(48)37(4)79-8)58-65-33-45(82-58)34-69-20-23-83(77,78)24-21-69)31-62(5,6)35-81-61(76)50-11-10-19-71(67-50)59(74)51(27-38-25-41(40)28-44(72)26-38)66-57(73)54(36(2)3)68(7)60(75)56-46(18-22-80-56)39-12-15-43(63)16-13-39/h12-17,25-26,28-30,32-33,36-37,46,50-51,54,56,67,72H,9-11,18-24,27,31,34-35,63H2,1-8H3,(H,66,73)/t37?,46?,50?,51-,54?,56?/m0/s1. The molecule has 0 aliphatic carbocycles. The molecule has 442 valence electrons. The summed E-state index contributed by atoms with van der Waals surface area (Å²) < 4.78 is 51.2. The third kappa shape index (κ3) is 12.7. The van der Waals surface area contributed by atoms with Crippen LogP contribution in [0, 0.1) is 11.3 Å². The molecule has 4 aliphatic rings. The zero-order valence-corrected chi connectivity index (χ0v) is 49.5. The van der Waals surface area contributed by atoms with Crippen LogP contribution in [0.25, 0.3) is 44.7 Å². The number of sulfone groups is 1. The minimum atomic E-state index is -3.06. The Bertz CT molecular complexity index is 3510. The second kappa shape index (κ2) is 24.2. The van der Waals surface area contributed by atoms with Gasteiger partial charge in [-0.3, -0.25) is 34.1 Å².